The number of carbonyl (C=O) groups is 2. The van der Waals surface area contributed by atoms with Crippen LogP contribution in [0.15, 0.2) is 36.4 Å². The number of hydrogen-bond acceptors (Lipinski definition) is 6. The number of nitrogens with two attached hydrogens (primary N) is 1. The van der Waals surface area contributed by atoms with Crippen molar-refractivity contribution in [1.82, 2.24) is 0 Å². The number of amides is 1. The van der Waals surface area contributed by atoms with Gasteiger partial charge in [0.15, 0.2) is 6.10 Å². The standard InChI is InChI=1S/C16H13Cl2N3O5/c1-8(15(22)20-14-5-2-9(17)6-12(14)18)26-16(23)11-7-10(21(24)25)3-4-13(11)19/h2-8H,19H2,1H3,(H,20,22). The first-order chi connectivity index (χ1) is 12.2. The van der Waals surface area contributed by atoms with Crippen LogP contribution in [0.3, 0.4) is 0 Å². The highest BCUT2D eigenvalue weighted by Crippen LogP contribution is 2.26. The van der Waals surface area contributed by atoms with Crippen LogP contribution < -0.4 is 11.1 Å². The summed E-state index contributed by atoms with van der Waals surface area (Å²) in [6.45, 7) is 1.34. The molecule has 0 spiro atoms. The molecule has 26 heavy (non-hydrogen) atoms. The van der Waals surface area contributed by atoms with Crippen molar-refractivity contribution >= 4 is 52.1 Å². The fraction of sp³-hybridized carbons (Fsp3) is 0.125. The van der Waals surface area contributed by atoms with E-state index in [1.54, 1.807) is 0 Å². The summed E-state index contributed by atoms with van der Waals surface area (Å²) in [4.78, 5) is 34.5. The van der Waals surface area contributed by atoms with Crippen LogP contribution in [-0.4, -0.2) is 22.9 Å². The maximum atomic E-state index is 12.2. The van der Waals surface area contributed by atoms with Crippen LogP contribution in [0, 0.1) is 10.1 Å². The lowest BCUT2D eigenvalue weighted by Gasteiger charge is -2.15. The zero-order valence-electron chi connectivity index (χ0n) is 13.4. The van der Waals surface area contributed by atoms with Crippen molar-refractivity contribution in [2.24, 2.45) is 0 Å². The summed E-state index contributed by atoms with van der Waals surface area (Å²) in [7, 11) is 0. The molecular formula is C16H13Cl2N3O5. The van der Waals surface area contributed by atoms with Crippen LogP contribution in [0.5, 0.6) is 0 Å². The largest absolute Gasteiger partial charge is 0.449 e. The van der Waals surface area contributed by atoms with E-state index >= 15 is 0 Å². The van der Waals surface area contributed by atoms with Crippen molar-refractivity contribution in [2.75, 3.05) is 11.1 Å². The summed E-state index contributed by atoms with van der Waals surface area (Å²) in [5.41, 5.74) is 5.40. The molecule has 8 nitrogen and oxygen atoms in total. The van der Waals surface area contributed by atoms with Crippen molar-refractivity contribution in [3.05, 3.63) is 62.1 Å². The molecule has 0 saturated carbocycles. The fourth-order valence-electron chi connectivity index (χ4n) is 1.94. The summed E-state index contributed by atoms with van der Waals surface area (Å²) in [5.74, 6) is -1.61. The van der Waals surface area contributed by atoms with Crippen LogP contribution >= 0.6 is 23.2 Å². The maximum Gasteiger partial charge on any atom is 0.341 e. The molecule has 2 aromatic carbocycles. The lowest BCUT2D eigenvalue weighted by atomic mass is 10.1. The molecule has 0 aromatic heterocycles. The van der Waals surface area contributed by atoms with E-state index in [-0.39, 0.29) is 22.0 Å². The molecule has 3 N–H and O–H groups in total. The highest BCUT2D eigenvalue weighted by molar-refractivity contribution is 6.36. The Hall–Kier alpha value is -2.84. The zero-order chi connectivity index (χ0) is 19.4. The Kier molecular flexibility index (Phi) is 6.01. The number of nitro benzene ring substituents is 1. The predicted octanol–water partition coefficient (Wildman–Crippen LogP) is 3.67. The minimum Gasteiger partial charge on any atom is -0.449 e. The molecule has 1 atom stereocenters. The SMILES string of the molecule is CC(OC(=O)c1cc([N+](=O)[O-])ccc1N)C(=O)Nc1ccc(Cl)cc1Cl. The van der Waals surface area contributed by atoms with Gasteiger partial charge in [-0.1, -0.05) is 23.2 Å². The number of nitro groups is 1. The number of esters is 1. The van der Waals surface area contributed by atoms with Crippen LogP contribution in [0.1, 0.15) is 17.3 Å². The average molecular weight is 398 g/mol. The lowest BCUT2D eigenvalue weighted by Crippen LogP contribution is -2.30. The van der Waals surface area contributed by atoms with Crippen LogP contribution in [0.2, 0.25) is 10.0 Å². The van der Waals surface area contributed by atoms with Crippen molar-refractivity contribution in [3.8, 4) is 0 Å². The molecule has 0 aliphatic carbocycles. The number of benzene rings is 2. The van der Waals surface area contributed by atoms with Crippen LogP contribution in [0.25, 0.3) is 0 Å². The summed E-state index contributed by atoms with van der Waals surface area (Å²) < 4.78 is 5.03. The van der Waals surface area contributed by atoms with Crippen molar-refractivity contribution in [2.45, 2.75) is 13.0 Å². The number of nitrogens with zero attached hydrogens (tertiary/aromatic N) is 1. The van der Waals surface area contributed by atoms with Gasteiger partial charge in [0, 0.05) is 22.8 Å². The van der Waals surface area contributed by atoms with Gasteiger partial charge in [0.25, 0.3) is 11.6 Å². The first-order valence-electron chi connectivity index (χ1n) is 7.20. The normalized spacial score (nSPS) is 11.5. The molecule has 0 fully saturated rings. The first-order valence-corrected chi connectivity index (χ1v) is 7.95. The van der Waals surface area contributed by atoms with Gasteiger partial charge < -0.3 is 15.8 Å². The first kappa shape index (κ1) is 19.5. The quantitative estimate of drug-likeness (QED) is 0.343. The molecule has 1 unspecified atom stereocenters. The minimum atomic E-state index is -1.20. The number of carbonyl (C=O) groups excluding carboxylic acids is 2. The lowest BCUT2D eigenvalue weighted by molar-refractivity contribution is -0.384. The molecule has 0 bridgehead atoms. The molecule has 136 valence electrons. The van der Waals surface area contributed by atoms with E-state index in [4.69, 9.17) is 33.7 Å². The second kappa shape index (κ2) is 8.03. The van der Waals surface area contributed by atoms with Gasteiger partial charge in [-0.05, 0) is 31.2 Å². The van der Waals surface area contributed by atoms with Gasteiger partial charge >= 0.3 is 5.97 Å². The predicted molar refractivity (Wildman–Crippen MR) is 97.5 cm³/mol. The van der Waals surface area contributed by atoms with Gasteiger partial charge in [0.2, 0.25) is 0 Å². The monoisotopic (exact) mass is 397 g/mol. The van der Waals surface area contributed by atoms with E-state index in [9.17, 15) is 19.7 Å². The smallest absolute Gasteiger partial charge is 0.341 e. The Morgan fingerprint density at radius 2 is 1.92 bits per heavy atom. The minimum absolute atomic E-state index is 0.00560. The third kappa shape index (κ3) is 4.62. The number of ether oxygens (including phenoxy) is 1. The Bertz CT molecular complexity index is 888. The number of hydrogen-bond donors (Lipinski definition) is 2. The molecular weight excluding hydrogens is 385 g/mol. The van der Waals surface area contributed by atoms with Crippen LogP contribution in [0.4, 0.5) is 17.1 Å². The summed E-state index contributed by atoms with van der Waals surface area (Å²) in [6, 6.07) is 7.83. The van der Waals surface area contributed by atoms with Crippen LogP contribution in [-0.2, 0) is 9.53 Å². The number of anilines is 2. The molecule has 2 aromatic rings. The highest BCUT2D eigenvalue weighted by Gasteiger charge is 2.23. The molecule has 0 aliphatic heterocycles. The van der Waals surface area contributed by atoms with Gasteiger partial charge in [0.1, 0.15) is 0 Å². The zero-order valence-corrected chi connectivity index (χ0v) is 14.9. The van der Waals surface area contributed by atoms with Gasteiger partial charge in [0.05, 0.1) is 21.2 Å². The Morgan fingerprint density at radius 1 is 1.23 bits per heavy atom. The van der Waals surface area contributed by atoms with Crippen molar-refractivity contribution in [1.29, 1.82) is 0 Å². The third-order valence-electron chi connectivity index (χ3n) is 3.31. The fourth-order valence-corrected chi connectivity index (χ4v) is 2.39. The maximum absolute atomic E-state index is 12.2. The number of nitrogens with one attached hydrogen (secondary N) is 1. The Morgan fingerprint density at radius 3 is 2.54 bits per heavy atom. The molecule has 10 heteroatoms. The molecule has 2 rings (SSSR count). The van der Waals surface area contributed by atoms with E-state index in [1.807, 2.05) is 0 Å². The van der Waals surface area contributed by atoms with Gasteiger partial charge in [-0.2, -0.15) is 0 Å². The van der Waals surface area contributed by atoms with E-state index in [0.29, 0.717) is 10.7 Å². The number of rotatable bonds is 5. The Balaban J connectivity index is 2.10. The number of nitrogen functional groups attached to an aromatic ring is 1. The summed E-state index contributed by atoms with van der Waals surface area (Å²) in [5, 5.41) is 13.9. The van der Waals surface area contributed by atoms with Gasteiger partial charge in [-0.15, -0.1) is 0 Å². The molecule has 0 radical (unpaired) electrons. The number of non-ortho nitro benzene ring substituents is 1. The molecule has 0 saturated heterocycles. The second-order valence-corrected chi connectivity index (χ2v) is 6.03. The average Bonchev–Trinajstić information content (AvgIpc) is 2.57. The highest BCUT2D eigenvalue weighted by atomic mass is 35.5. The summed E-state index contributed by atoms with van der Waals surface area (Å²) in [6.07, 6.45) is -1.20. The Labute approximate surface area is 158 Å². The van der Waals surface area contributed by atoms with Gasteiger partial charge in [-0.25, -0.2) is 4.79 Å². The van der Waals surface area contributed by atoms with E-state index < -0.39 is 22.9 Å². The third-order valence-corrected chi connectivity index (χ3v) is 3.86. The van der Waals surface area contributed by atoms with E-state index in [0.717, 1.165) is 12.1 Å². The summed E-state index contributed by atoms with van der Waals surface area (Å²) >= 11 is 11.7. The van der Waals surface area contributed by atoms with E-state index in [2.05, 4.69) is 5.32 Å². The molecule has 1 amide bonds. The topological polar surface area (TPSA) is 125 Å². The van der Waals surface area contributed by atoms with Crippen molar-refractivity contribution < 1.29 is 19.2 Å². The second-order valence-electron chi connectivity index (χ2n) is 5.19. The number of halogens is 2. The van der Waals surface area contributed by atoms with E-state index in [1.165, 1.54) is 31.2 Å². The van der Waals surface area contributed by atoms with Crippen molar-refractivity contribution in [3.63, 3.8) is 0 Å². The molecule has 0 heterocycles. The van der Waals surface area contributed by atoms with Gasteiger partial charge in [-0.3, -0.25) is 14.9 Å². The molecule has 0 aliphatic rings.